The predicted octanol–water partition coefficient (Wildman–Crippen LogP) is 4.48. The van der Waals surface area contributed by atoms with Gasteiger partial charge in [-0.25, -0.2) is 9.97 Å². The van der Waals surface area contributed by atoms with Gasteiger partial charge in [0.15, 0.2) is 6.73 Å². The maximum absolute atomic E-state index is 13.9. The summed E-state index contributed by atoms with van der Waals surface area (Å²) in [6.45, 7) is 1.98. The number of likely N-dealkylation sites (N-methyl/N-ethyl adjacent to an activating group) is 1. The van der Waals surface area contributed by atoms with Crippen molar-refractivity contribution in [2.75, 3.05) is 26.0 Å². The lowest BCUT2D eigenvalue weighted by Crippen LogP contribution is -2.12. The summed E-state index contributed by atoms with van der Waals surface area (Å²) in [5.74, 6) is -1.23. The Hall–Kier alpha value is -4.37. The van der Waals surface area contributed by atoms with E-state index in [-0.39, 0.29) is 12.6 Å². The Balaban J connectivity index is 1.69. The second kappa shape index (κ2) is 10.9. The molecule has 3 aromatic heterocycles. The van der Waals surface area contributed by atoms with Crippen molar-refractivity contribution in [3.63, 3.8) is 0 Å². The second-order valence-corrected chi connectivity index (χ2v) is 8.47. The van der Waals surface area contributed by atoms with Crippen LogP contribution in [0.2, 0.25) is 0 Å². The molecule has 0 aliphatic rings. The molecule has 0 fully saturated rings. The minimum absolute atomic E-state index is 0.0192. The Morgan fingerprint density at radius 2 is 1.94 bits per heavy atom. The molecule has 0 bridgehead atoms. The number of rotatable bonds is 8. The molecule has 4 rings (SSSR count). The number of amides is 1. The molecule has 0 aliphatic heterocycles. The summed E-state index contributed by atoms with van der Waals surface area (Å²) in [5.41, 5.74) is 4.24. The molecule has 0 spiro atoms. The zero-order valence-corrected chi connectivity index (χ0v) is 20.2. The van der Waals surface area contributed by atoms with Gasteiger partial charge in [-0.1, -0.05) is 18.2 Å². The summed E-state index contributed by atoms with van der Waals surface area (Å²) in [6, 6.07) is 12.4. The largest absolute Gasteiger partial charge is 0.444 e. The highest BCUT2D eigenvalue weighted by Gasteiger charge is 2.15. The third kappa shape index (κ3) is 6.00. The van der Waals surface area contributed by atoms with Crippen molar-refractivity contribution < 1.29 is 18.7 Å². The van der Waals surface area contributed by atoms with Crippen molar-refractivity contribution in [1.29, 1.82) is 0 Å². The number of halogens is 1. The van der Waals surface area contributed by atoms with Gasteiger partial charge < -0.3 is 15.0 Å². The van der Waals surface area contributed by atoms with Crippen LogP contribution < -0.4 is 5.32 Å². The molecular weight excluding hydrogens is 461 g/mol. The predicted molar refractivity (Wildman–Crippen MR) is 136 cm³/mol. The number of aromatic nitrogens is 3. The van der Waals surface area contributed by atoms with E-state index in [1.54, 1.807) is 29.1 Å². The number of benzene rings is 1. The number of anilines is 1. The number of hydrogen-bond acceptors (Lipinski definition) is 6. The highest BCUT2D eigenvalue weighted by molar-refractivity contribution is 6.00. The number of carbonyl (C=O) groups excluding carboxylic acids is 2. The van der Waals surface area contributed by atoms with Gasteiger partial charge in [0, 0.05) is 66.4 Å². The third-order valence-electron chi connectivity index (χ3n) is 5.36. The summed E-state index contributed by atoms with van der Waals surface area (Å²) < 4.78 is 20.7. The van der Waals surface area contributed by atoms with Crippen molar-refractivity contribution >= 4 is 28.6 Å². The fourth-order valence-electron chi connectivity index (χ4n) is 3.72. The van der Waals surface area contributed by atoms with Crippen LogP contribution in [0.25, 0.3) is 33.3 Å². The van der Waals surface area contributed by atoms with Gasteiger partial charge in [-0.2, -0.15) is 4.39 Å². The fraction of sp³-hybridized carbons (Fsp3) is 0.185. The Morgan fingerprint density at radius 3 is 2.69 bits per heavy atom. The molecule has 0 atom stereocenters. The number of pyridine rings is 2. The molecule has 184 valence electrons. The molecule has 9 heteroatoms. The van der Waals surface area contributed by atoms with Crippen molar-refractivity contribution in [3.05, 3.63) is 79.2 Å². The number of carbonyl (C=O) groups is 2. The topological polar surface area (TPSA) is 89.3 Å². The van der Waals surface area contributed by atoms with E-state index in [9.17, 15) is 14.0 Å². The van der Waals surface area contributed by atoms with Crippen LogP contribution in [0.15, 0.2) is 73.2 Å². The number of nitrogens with zero attached hydrogens (tertiary/aromatic N) is 4. The number of ether oxygens (including phenoxy) is 1. The minimum Gasteiger partial charge on any atom is -0.444 e. The van der Waals surface area contributed by atoms with Gasteiger partial charge in [0.1, 0.15) is 5.65 Å². The molecule has 1 N–H and O–H groups in total. The van der Waals surface area contributed by atoms with E-state index in [0.29, 0.717) is 23.4 Å². The second-order valence-electron chi connectivity index (χ2n) is 8.47. The average Bonchev–Trinajstić information content (AvgIpc) is 3.20. The van der Waals surface area contributed by atoms with E-state index in [4.69, 9.17) is 4.74 Å². The van der Waals surface area contributed by atoms with Crippen molar-refractivity contribution in [1.82, 2.24) is 19.4 Å². The molecule has 3 heterocycles. The molecule has 0 radical (unpaired) electrons. The molecule has 0 saturated heterocycles. The SMILES string of the molecule is CC(=O)OCn1cc(-c2ccnc(F)c2)c2cc(-c3cccc(NC(=O)/C=C/CN(C)C)c3)cnc21. The summed E-state index contributed by atoms with van der Waals surface area (Å²) in [6.07, 6.45) is 8.18. The van der Waals surface area contributed by atoms with Crippen LogP contribution in [0.1, 0.15) is 6.92 Å². The number of hydrogen-bond donors (Lipinski definition) is 1. The number of nitrogens with one attached hydrogen (secondary N) is 1. The van der Waals surface area contributed by atoms with Crippen molar-refractivity contribution in [2.24, 2.45) is 0 Å². The first-order valence-electron chi connectivity index (χ1n) is 11.3. The van der Waals surface area contributed by atoms with Gasteiger partial charge >= 0.3 is 5.97 Å². The molecular formula is C27H26FN5O3. The highest BCUT2D eigenvalue weighted by atomic mass is 19.1. The normalized spacial score (nSPS) is 11.4. The minimum atomic E-state index is -0.597. The van der Waals surface area contributed by atoms with Gasteiger partial charge in [-0.3, -0.25) is 14.2 Å². The maximum Gasteiger partial charge on any atom is 0.304 e. The van der Waals surface area contributed by atoms with Crippen LogP contribution in [0, 0.1) is 5.95 Å². The van der Waals surface area contributed by atoms with Crippen LogP contribution in [0.5, 0.6) is 0 Å². The highest BCUT2D eigenvalue weighted by Crippen LogP contribution is 2.33. The fourth-order valence-corrected chi connectivity index (χ4v) is 3.72. The van der Waals surface area contributed by atoms with E-state index in [1.165, 1.54) is 25.3 Å². The Morgan fingerprint density at radius 1 is 1.11 bits per heavy atom. The lowest BCUT2D eigenvalue weighted by atomic mass is 10.0. The van der Waals surface area contributed by atoms with E-state index in [2.05, 4.69) is 15.3 Å². The molecule has 0 saturated carbocycles. The van der Waals surface area contributed by atoms with E-state index in [1.807, 2.05) is 49.3 Å². The van der Waals surface area contributed by atoms with Crippen LogP contribution in [-0.4, -0.2) is 52.0 Å². The van der Waals surface area contributed by atoms with Crippen LogP contribution in [0.3, 0.4) is 0 Å². The Kier molecular flexibility index (Phi) is 7.50. The van der Waals surface area contributed by atoms with Gasteiger partial charge in [0.25, 0.3) is 0 Å². The van der Waals surface area contributed by atoms with E-state index in [0.717, 1.165) is 22.1 Å². The maximum atomic E-state index is 13.9. The molecule has 36 heavy (non-hydrogen) atoms. The zero-order valence-electron chi connectivity index (χ0n) is 20.2. The standard InChI is InChI=1S/C27H26FN5O3/c1-18(34)36-17-33-16-24(20-9-10-29-25(28)14-20)23-13-21(15-30-27(23)33)19-6-4-7-22(12-19)31-26(35)8-5-11-32(2)3/h4-10,12-16H,11,17H2,1-3H3,(H,31,35)/b8-5+. The first-order valence-corrected chi connectivity index (χ1v) is 11.3. The van der Waals surface area contributed by atoms with Gasteiger partial charge in [0.05, 0.1) is 0 Å². The third-order valence-corrected chi connectivity index (χ3v) is 5.36. The molecule has 0 unspecified atom stereocenters. The Labute approximate surface area is 208 Å². The lowest BCUT2D eigenvalue weighted by molar-refractivity contribution is -0.144. The quantitative estimate of drug-likeness (QED) is 0.224. The van der Waals surface area contributed by atoms with Crippen LogP contribution in [0.4, 0.5) is 10.1 Å². The van der Waals surface area contributed by atoms with Crippen LogP contribution in [-0.2, 0) is 21.1 Å². The van der Waals surface area contributed by atoms with Gasteiger partial charge in [-0.05, 0) is 49.5 Å². The summed E-state index contributed by atoms with van der Waals surface area (Å²) in [4.78, 5) is 33.8. The molecule has 1 amide bonds. The first kappa shape index (κ1) is 24.7. The molecule has 0 aliphatic carbocycles. The van der Waals surface area contributed by atoms with Crippen LogP contribution >= 0.6 is 0 Å². The first-order chi connectivity index (χ1) is 17.3. The average molecular weight is 488 g/mol. The summed E-state index contributed by atoms with van der Waals surface area (Å²) in [5, 5.41) is 3.63. The van der Waals surface area contributed by atoms with Crippen molar-refractivity contribution in [2.45, 2.75) is 13.7 Å². The van der Waals surface area contributed by atoms with Crippen molar-refractivity contribution in [3.8, 4) is 22.3 Å². The van der Waals surface area contributed by atoms with Gasteiger partial charge in [-0.15, -0.1) is 0 Å². The van der Waals surface area contributed by atoms with Gasteiger partial charge in [0.2, 0.25) is 11.9 Å². The Bertz CT molecular complexity index is 1440. The lowest BCUT2D eigenvalue weighted by Gasteiger charge is -2.08. The summed E-state index contributed by atoms with van der Waals surface area (Å²) in [7, 11) is 3.86. The monoisotopic (exact) mass is 487 g/mol. The molecule has 8 nitrogen and oxygen atoms in total. The summed E-state index contributed by atoms with van der Waals surface area (Å²) >= 11 is 0. The van der Waals surface area contributed by atoms with E-state index < -0.39 is 11.9 Å². The van der Waals surface area contributed by atoms with E-state index >= 15 is 0 Å². The smallest absolute Gasteiger partial charge is 0.304 e. The number of esters is 1. The molecule has 4 aromatic rings. The number of fused-ring (bicyclic) bond motifs is 1. The zero-order chi connectivity index (χ0) is 25.7. The molecule has 1 aromatic carbocycles.